The van der Waals surface area contributed by atoms with Gasteiger partial charge in [-0.2, -0.15) is 5.10 Å². The van der Waals surface area contributed by atoms with Crippen LogP contribution < -0.4 is 11.5 Å². The molecular weight excluding hydrogens is 207 g/mol. The molecule has 4 N–H and O–H groups in total. The van der Waals surface area contributed by atoms with Gasteiger partial charge in [-0.1, -0.05) is 11.6 Å². The lowest BCUT2D eigenvalue weighted by Crippen LogP contribution is -2.21. The molecular formula is C8H8ClFN4. The van der Waals surface area contributed by atoms with E-state index < -0.39 is 5.82 Å². The van der Waals surface area contributed by atoms with Crippen molar-refractivity contribution in [2.24, 2.45) is 21.7 Å². The first-order chi connectivity index (χ1) is 6.59. The van der Waals surface area contributed by atoms with Crippen LogP contribution >= 0.6 is 11.6 Å². The fourth-order valence-corrected chi connectivity index (χ4v) is 0.938. The molecule has 0 saturated carbocycles. The van der Waals surface area contributed by atoms with Gasteiger partial charge in [-0.3, -0.25) is 0 Å². The highest BCUT2D eigenvalue weighted by Gasteiger charge is 1.98. The van der Waals surface area contributed by atoms with Gasteiger partial charge in [-0.25, -0.2) is 4.39 Å². The van der Waals surface area contributed by atoms with Crippen molar-refractivity contribution in [2.75, 3.05) is 0 Å². The molecule has 0 atom stereocenters. The van der Waals surface area contributed by atoms with E-state index in [2.05, 4.69) is 10.2 Å². The van der Waals surface area contributed by atoms with Crippen molar-refractivity contribution in [1.82, 2.24) is 0 Å². The van der Waals surface area contributed by atoms with Crippen molar-refractivity contribution in [3.63, 3.8) is 0 Å². The van der Waals surface area contributed by atoms with E-state index in [4.69, 9.17) is 23.1 Å². The van der Waals surface area contributed by atoms with Gasteiger partial charge in [0.05, 0.1) is 6.21 Å². The van der Waals surface area contributed by atoms with Crippen molar-refractivity contribution in [3.8, 4) is 0 Å². The number of nitrogens with zero attached hydrogens (tertiary/aromatic N) is 2. The molecule has 0 amide bonds. The Morgan fingerprint density at radius 2 is 2.14 bits per heavy atom. The van der Waals surface area contributed by atoms with Gasteiger partial charge >= 0.3 is 0 Å². The maximum Gasteiger partial charge on any atom is 0.211 e. The van der Waals surface area contributed by atoms with E-state index in [1.807, 2.05) is 0 Å². The Labute approximate surface area is 85.1 Å². The second kappa shape index (κ2) is 4.57. The molecule has 0 unspecified atom stereocenters. The van der Waals surface area contributed by atoms with E-state index in [0.29, 0.717) is 10.6 Å². The van der Waals surface area contributed by atoms with E-state index >= 15 is 0 Å². The molecule has 0 aliphatic heterocycles. The van der Waals surface area contributed by atoms with Crippen LogP contribution in [-0.4, -0.2) is 12.2 Å². The number of hydrogen-bond donors (Lipinski definition) is 2. The number of hydrogen-bond acceptors (Lipinski definition) is 2. The van der Waals surface area contributed by atoms with E-state index in [-0.39, 0.29) is 5.96 Å². The molecule has 14 heavy (non-hydrogen) atoms. The summed E-state index contributed by atoms with van der Waals surface area (Å²) >= 11 is 5.74. The van der Waals surface area contributed by atoms with Crippen molar-refractivity contribution < 1.29 is 4.39 Å². The molecule has 0 saturated heterocycles. The van der Waals surface area contributed by atoms with Gasteiger partial charge < -0.3 is 11.5 Å². The summed E-state index contributed by atoms with van der Waals surface area (Å²) in [5.41, 5.74) is 10.5. The first-order valence-corrected chi connectivity index (χ1v) is 4.04. The average Bonchev–Trinajstić information content (AvgIpc) is 2.10. The Hall–Kier alpha value is -1.62. The zero-order valence-electron chi connectivity index (χ0n) is 7.11. The maximum atomic E-state index is 12.7. The van der Waals surface area contributed by atoms with Crippen LogP contribution in [0.2, 0.25) is 5.02 Å². The molecule has 1 aromatic rings. The second-order valence-electron chi connectivity index (χ2n) is 2.44. The Bertz CT molecular complexity index is 385. The fourth-order valence-electron chi connectivity index (χ4n) is 0.771. The molecule has 1 aromatic carbocycles. The molecule has 4 nitrogen and oxygen atoms in total. The third kappa shape index (κ3) is 3.02. The molecule has 0 radical (unpaired) electrons. The van der Waals surface area contributed by atoms with E-state index in [1.165, 1.54) is 24.4 Å². The van der Waals surface area contributed by atoms with Crippen molar-refractivity contribution in [1.29, 1.82) is 0 Å². The lowest BCUT2D eigenvalue weighted by Gasteiger charge is -1.95. The molecule has 0 fully saturated rings. The highest BCUT2D eigenvalue weighted by Crippen LogP contribution is 2.14. The molecule has 0 aromatic heterocycles. The minimum absolute atomic E-state index is 0.172. The summed E-state index contributed by atoms with van der Waals surface area (Å²) < 4.78 is 12.7. The van der Waals surface area contributed by atoms with Crippen LogP contribution in [0.1, 0.15) is 5.56 Å². The topological polar surface area (TPSA) is 76.8 Å². The Morgan fingerprint density at radius 1 is 1.43 bits per heavy atom. The van der Waals surface area contributed by atoms with Gasteiger partial charge in [-0.05, 0) is 18.2 Å². The second-order valence-corrected chi connectivity index (χ2v) is 2.84. The Kier molecular flexibility index (Phi) is 3.41. The Morgan fingerprint density at radius 3 is 2.79 bits per heavy atom. The van der Waals surface area contributed by atoms with Gasteiger partial charge in [0, 0.05) is 10.6 Å². The van der Waals surface area contributed by atoms with E-state index in [0.717, 1.165) is 0 Å². The first kappa shape index (κ1) is 10.5. The summed E-state index contributed by atoms with van der Waals surface area (Å²) in [6.45, 7) is 0. The van der Waals surface area contributed by atoms with Gasteiger partial charge in [0.25, 0.3) is 0 Å². The molecule has 0 heterocycles. The van der Waals surface area contributed by atoms with E-state index in [1.54, 1.807) is 0 Å². The normalized spacial score (nSPS) is 10.4. The summed E-state index contributed by atoms with van der Waals surface area (Å²) in [5, 5.41) is 7.23. The molecule has 74 valence electrons. The average molecular weight is 215 g/mol. The molecule has 6 heteroatoms. The standard InChI is InChI=1S/C8H8ClFN4/c9-7-2-1-6(10)3-5(7)4-13-14-8(11)12/h1-4H,(H4,11,12,14)/b13-4+. The summed E-state index contributed by atoms with van der Waals surface area (Å²) in [6.07, 6.45) is 1.27. The van der Waals surface area contributed by atoms with Gasteiger partial charge in [0.15, 0.2) is 0 Å². The van der Waals surface area contributed by atoms with Crippen molar-refractivity contribution >= 4 is 23.8 Å². The van der Waals surface area contributed by atoms with Crippen LogP contribution in [0.3, 0.4) is 0 Å². The van der Waals surface area contributed by atoms with Crippen LogP contribution in [-0.2, 0) is 0 Å². The predicted octanol–water partition coefficient (Wildman–Crippen LogP) is 1.09. The highest BCUT2D eigenvalue weighted by molar-refractivity contribution is 6.33. The monoisotopic (exact) mass is 214 g/mol. The summed E-state index contributed by atoms with van der Waals surface area (Å²) in [7, 11) is 0. The fraction of sp³-hybridized carbons (Fsp3) is 0. The number of nitrogens with two attached hydrogens (primary N) is 2. The number of guanidine groups is 1. The smallest absolute Gasteiger partial charge is 0.211 e. The zero-order chi connectivity index (χ0) is 10.6. The van der Waals surface area contributed by atoms with E-state index in [9.17, 15) is 4.39 Å². The minimum atomic E-state index is -0.402. The van der Waals surface area contributed by atoms with Gasteiger partial charge in [-0.15, -0.1) is 5.10 Å². The van der Waals surface area contributed by atoms with Crippen LogP contribution in [0.15, 0.2) is 28.4 Å². The number of rotatable bonds is 2. The molecule has 1 rings (SSSR count). The number of benzene rings is 1. The maximum absolute atomic E-state index is 12.7. The molecule has 0 spiro atoms. The third-order valence-electron chi connectivity index (χ3n) is 1.33. The van der Waals surface area contributed by atoms with Gasteiger partial charge in [0.1, 0.15) is 5.82 Å². The van der Waals surface area contributed by atoms with Crippen LogP contribution in [0.5, 0.6) is 0 Å². The number of halogens is 2. The lowest BCUT2D eigenvalue weighted by atomic mass is 10.2. The largest absolute Gasteiger partial charge is 0.369 e. The van der Waals surface area contributed by atoms with Crippen LogP contribution in [0.25, 0.3) is 0 Å². The quantitative estimate of drug-likeness (QED) is 0.439. The van der Waals surface area contributed by atoms with Crippen molar-refractivity contribution in [3.05, 3.63) is 34.6 Å². The summed E-state index contributed by atoms with van der Waals surface area (Å²) in [4.78, 5) is 0. The first-order valence-electron chi connectivity index (χ1n) is 3.66. The van der Waals surface area contributed by atoms with Crippen molar-refractivity contribution in [2.45, 2.75) is 0 Å². The van der Waals surface area contributed by atoms with Gasteiger partial charge in [0.2, 0.25) is 5.96 Å². The SMILES string of the molecule is NC(N)=N/N=C/c1cc(F)ccc1Cl. The summed E-state index contributed by atoms with van der Waals surface area (Å²) in [6, 6.07) is 3.90. The molecule has 0 bridgehead atoms. The summed E-state index contributed by atoms with van der Waals surface area (Å²) in [5.74, 6) is -0.575. The third-order valence-corrected chi connectivity index (χ3v) is 1.67. The highest BCUT2D eigenvalue weighted by atomic mass is 35.5. The predicted molar refractivity (Wildman–Crippen MR) is 54.8 cm³/mol. The molecule has 0 aliphatic rings. The molecule has 0 aliphatic carbocycles. The van der Waals surface area contributed by atoms with Crippen LogP contribution in [0.4, 0.5) is 4.39 Å². The van der Waals surface area contributed by atoms with Crippen LogP contribution in [0, 0.1) is 5.82 Å². The minimum Gasteiger partial charge on any atom is -0.369 e. The zero-order valence-corrected chi connectivity index (χ0v) is 7.87. The Balaban J connectivity index is 2.91. The lowest BCUT2D eigenvalue weighted by molar-refractivity contribution is 0.627.